The van der Waals surface area contributed by atoms with E-state index in [-0.39, 0.29) is 0 Å². The molecule has 2 rings (SSSR count). The lowest BCUT2D eigenvalue weighted by Gasteiger charge is -2.18. The molecule has 0 fully saturated rings. The third kappa shape index (κ3) is 2.64. The fourth-order valence-electron chi connectivity index (χ4n) is 1.79. The number of aliphatic hydroxyl groups excluding tert-OH is 2. The summed E-state index contributed by atoms with van der Waals surface area (Å²) in [4.78, 5) is 10.5. The third-order valence-electron chi connectivity index (χ3n) is 2.85. The number of aldehydes is 1. The lowest BCUT2D eigenvalue weighted by atomic mass is 9.98. The molecule has 0 spiro atoms. The summed E-state index contributed by atoms with van der Waals surface area (Å²) in [6, 6.07) is 15.5. The molecule has 2 aromatic rings. The molecule has 0 heterocycles. The van der Waals surface area contributed by atoms with Crippen molar-refractivity contribution < 1.29 is 15.0 Å². The summed E-state index contributed by atoms with van der Waals surface area (Å²) in [6.07, 6.45) is -1.24. The predicted molar refractivity (Wildman–Crippen MR) is 68.2 cm³/mol. The van der Waals surface area contributed by atoms with Gasteiger partial charge in [-0.3, -0.25) is 4.79 Å². The van der Waals surface area contributed by atoms with Crippen molar-refractivity contribution in [3.63, 3.8) is 0 Å². The van der Waals surface area contributed by atoms with Crippen LogP contribution in [0.2, 0.25) is 0 Å². The molecule has 3 heteroatoms. The van der Waals surface area contributed by atoms with Gasteiger partial charge >= 0.3 is 0 Å². The zero-order valence-electron chi connectivity index (χ0n) is 9.73. The summed E-state index contributed by atoms with van der Waals surface area (Å²) in [7, 11) is 0. The first-order valence-electron chi connectivity index (χ1n) is 5.68. The maximum absolute atomic E-state index is 10.5. The van der Waals surface area contributed by atoms with E-state index in [0.717, 1.165) is 6.29 Å². The van der Waals surface area contributed by atoms with Crippen LogP contribution < -0.4 is 0 Å². The molecule has 0 amide bonds. The van der Waals surface area contributed by atoms with Crippen LogP contribution in [0.4, 0.5) is 0 Å². The van der Waals surface area contributed by atoms with Crippen molar-refractivity contribution in [3.05, 3.63) is 71.3 Å². The van der Waals surface area contributed by atoms with E-state index < -0.39 is 12.2 Å². The number of carbonyl (C=O) groups is 1. The van der Waals surface area contributed by atoms with Gasteiger partial charge in [0.2, 0.25) is 0 Å². The van der Waals surface area contributed by atoms with Gasteiger partial charge in [-0.25, -0.2) is 0 Å². The van der Waals surface area contributed by atoms with Gasteiger partial charge in [0.05, 0.1) is 0 Å². The molecular weight excluding hydrogens is 228 g/mol. The van der Waals surface area contributed by atoms with Crippen LogP contribution in [0.3, 0.4) is 0 Å². The van der Waals surface area contributed by atoms with E-state index in [0.29, 0.717) is 16.7 Å². The van der Waals surface area contributed by atoms with Crippen LogP contribution in [0.5, 0.6) is 0 Å². The molecule has 18 heavy (non-hydrogen) atoms. The number of carbonyl (C=O) groups excluding carboxylic acids is 1. The van der Waals surface area contributed by atoms with Gasteiger partial charge in [0, 0.05) is 5.56 Å². The second kappa shape index (κ2) is 5.58. The van der Waals surface area contributed by atoms with Crippen molar-refractivity contribution in [2.24, 2.45) is 0 Å². The smallest absolute Gasteiger partial charge is 0.150 e. The molecule has 0 radical (unpaired) electrons. The van der Waals surface area contributed by atoms with Crippen LogP contribution in [0, 0.1) is 0 Å². The number of hydrogen-bond acceptors (Lipinski definition) is 3. The molecule has 0 aromatic heterocycles. The van der Waals surface area contributed by atoms with Crippen LogP contribution in [0.1, 0.15) is 33.7 Å². The Labute approximate surface area is 105 Å². The molecular formula is C15H14O3. The summed E-state index contributed by atoms with van der Waals surface area (Å²) >= 11 is 0. The normalized spacial score (nSPS) is 13.9. The van der Waals surface area contributed by atoms with Gasteiger partial charge in [-0.15, -0.1) is 0 Å². The molecule has 0 saturated carbocycles. The first-order valence-corrected chi connectivity index (χ1v) is 5.68. The number of hydrogen-bond donors (Lipinski definition) is 2. The van der Waals surface area contributed by atoms with Crippen molar-refractivity contribution >= 4 is 6.29 Å². The Morgan fingerprint density at radius 2 is 1.28 bits per heavy atom. The number of aliphatic hydroxyl groups is 2. The monoisotopic (exact) mass is 242 g/mol. The predicted octanol–water partition coefficient (Wildman–Crippen LogP) is 2.27. The first kappa shape index (κ1) is 12.5. The lowest BCUT2D eigenvalue weighted by Crippen LogP contribution is -2.10. The fraction of sp³-hybridized carbons (Fsp3) is 0.133. The van der Waals surface area contributed by atoms with E-state index in [9.17, 15) is 15.0 Å². The molecule has 0 saturated heterocycles. The maximum atomic E-state index is 10.5. The molecule has 0 aliphatic rings. The van der Waals surface area contributed by atoms with Crippen molar-refractivity contribution in [1.29, 1.82) is 0 Å². The molecule has 0 bridgehead atoms. The Kier molecular flexibility index (Phi) is 3.87. The van der Waals surface area contributed by atoms with Crippen molar-refractivity contribution in [1.82, 2.24) is 0 Å². The highest BCUT2D eigenvalue weighted by Crippen LogP contribution is 2.28. The molecule has 2 aromatic carbocycles. The van der Waals surface area contributed by atoms with Crippen LogP contribution in [-0.4, -0.2) is 16.5 Å². The molecule has 3 nitrogen and oxygen atoms in total. The third-order valence-corrected chi connectivity index (χ3v) is 2.85. The second-order valence-corrected chi connectivity index (χ2v) is 4.08. The van der Waals surface area contributed by atoms with E-state index in [1.807, 2.05) is 6.07 Å². The summed E-state index contributed by atoms with van der Waals surface area (Å²) in [6.45, 7) is 0. The van der Waals surface area contributed by atoms with Crippen LogP contribution in [-0.2, 0) is 0 Å². The average Bonchev–Trinajstić information content (AvgIpc) is 2.47. The molecule has 2 atom stereocenters. The Morgan fingerprint density at radius 3 is 1.78 bits per heavy atom. The van der Waals surface area contributed by atoms with Crippen LogP contribution in [0.15, 0.2) is 54.6 Å². The Hall–Kier alpha value is -1.97. The average molecular weight is 242 g/mol. The highest BCUT2D eigenvalue weighted by molar-refractivity contribution is 5.74. The quantitative estimate of drug-likeness (QED) is 0.808. The molecule has 2 N–H and O–H groups in total. The zero-order valence-corrected chi connectivity index (χ0v) is 9.73. The minimum Gasteiger partial charge on any atom is -0.385 e. The topological polar surface area (TPSA) is 57.5 Å². The highest BCUT2D eigenvalue weighted by Gasteiger charge is 2.19. The van der Waals surface area contributed by atoms with Crippen LogP contribution in [0.25, 0.3) is 0 Å². The number of benzene rings is 2. The van der Waals surface area contributed by atoms with Gasteiger partial charge in [-0.1, -0.05) is 54.6 Å². The van der Waals surface area contributed by atoms with E-state index >= 15 is 0 Å². The minimum absolute atomic E-state index is 0.542. The van der Waals surface area contributed by atoms with E-state index in [4.69, 9.17) is 0 Å². The largest absolute Gasteiger partial charge is 0.385 e. The van der Waals surface area contributed by atoms with E-state index in [1.54, 1.807) is 48.5 Å². The second-order valence-electron chi connectivity index (χ2n) is 4.08. The van der Waals surface area contributed by atoms with E-state index in [1.165, 1.54) is 0 Å². The van der Waals surface area contributed by atoms with Gasteiger partial charge in [-0.2, -0.15) is 0 Å². The van der Waals surface area contributed by atoms with Crippen molar-refractivity contribution in [2.45, 2.75) is 12.2 Å². The zero-order chi connectivity index (χ0) is 13.0. The van der Waals surface area contributed by atoms with Gasteiger partial charge < -0.3 is 10.2 Å². The molecule has 0 aliphatic carbocycles. The Morgan fingerprint density at radius 1 is 0.778 bits per heavy atom. The highest BCUT2D eigenvalue weighted by atomic mass is 16.3. The number of rotatable bonds is 4. The van der Waals surface area contributed by atoms with Crippen molar-refractivity contribution in [2.75, 3.05) is 0 Å². The summed E-state index contributed by atoms with van der Waals surface area (Å²) < 4.78 is 0. The minimum atomic E-state index is -1.01. The molecule has 92 valence electrons. The van der Waals surface area contributed by atoms with Gasteiger partial charge in [0.25, 0.3) is 0 Å². The molecule has 0 unspecified atom stereocenters. The van der Waals surface area contributed by atoms with Gasteiger partial charge in [0.15, 0.2) is 0 Å². The Bertz CT molecular complexity index is 505. The van der Waals surface area contributed by atoms with Gasteiger partial charge in [-0.05, 0) is 11.1 Å². The standard InChI is InChI=1S/C15H14O3/c16-10-11-6-8-13(9-7-11)15(18)14(17)12-4-2-1-3-5-12/h1-10,14-15,17-18H/t14-,15-/m0/s1. The summed E-state index contributed by atoms with van der Waals surface area (Å²) in [5.74, 6) is 0. The SMILES string of the molecule is O=Cc1ccc([C@H](O)[C@@H](O)c2ccccc2)cc1. The van der Waals surface area contributed by atoms with E-state index in [2.05, 4.69) is 0 Å². The van der Waals surface area contributed by atoms with Crippen molar-refractivity contribution in [3.8, 4) is 0 Å². The summed E-state index contributed by atoms with van der Waals surface area (Å²) in [5.41, 5.74) is 1.78. The molecule has 0 aliphatic heterocycles. The Balaban J connectivity index is 2.19. The lowest BCUT2D eigenvalue weighted by molar-refractivity contribution is 0.0172. The fourth-order valence-corrected chi connectivity index (χ4v) is 1.79. The first-order chi connectivity index (χ1) is 8.72. The van der Waals surface area contributed by atoms with Gasteiger partial charge in [0.1, 0.15) is 18.5 Å². The summed E-state index contributed by atoms with van der Waals surface area (Å²) in [5, 5.41) is 20.1. The maximum Gasteiger partial charge on any atom is 0.150 e. The van der Waals surface area contributed by atoms with Crippen LogP contribution >= 0.6 is 0 Å².